The van der Waals surface area contributed by atoms with E-state index in [1.807, 2.05) is 48.2 Å². The minimum Gasteiger partial charge on any atom is -0.497 e. The SMILES string of the molecule is COc1ccc2c(c1)c(CC(=O)N1c3ccccc3C[C@@H]1C)c(C)n2C(=O)c1ccc(Cl)cc1. The molecule has 1 amide bonds. The van der Waals surface area contributed by atoms with Crippen LogP contribution in [0.5, 0.6) is 5.75 Å². The summed E-state index contributed by atoms with van der Waals surface area (Å²) < 4.78 is 7.13. The van der Waals surface area contributed by atoms with E-state index in [4.69, 9.17) is 16.3 Å². The average molecular weight is 473 g/mol. The first-order valence-corrected chi connectivity index (χ1v) is 11.6. The van der Waals surface area contributed by atoms with Gasteiger partial charge in [-0.1, -0.05) is 29.8 Å². The predicted molar refractivity (Wildman–Crippen MR) is 135 cm³/mol. The van der Waals surface area contributed by atoms with Crippen molar-refractivity contribution in [2.45, 2.75) is 32.7 Å². The Morgan fingerprint density at radius 2 is 1.79 bits per heavy atom. The monoisotopic (exact) mass is 472 g/mol. The van der Waals surface area contributed by atoms with Crippen molar-refractivity contribution >= 4 is 40.0 Å². The van der Waals surface area contributed by atoms with Crippen molar-refractivity contribution in [3.05, 3.63) is 94.1 Å². The first kappa shape index (κ1) is 22.2. The lowest BCUT2D eigenvalue weighted by Gasteiger charge is -2.23. The van der Waals surface area contributed by atoms with Crippen LogP contribution in [0.2, 0.25) is 5.02 Å². The molecule has 0 fully saturated rings. The highest BCUT2D eigenvalue weighted by Crippen LogP contribution is 2.35. The maximum Gasteiger partial charge on any atom is 0.262 e. The van der Waals surface area contributed by atoms with Gasteiger partial charge in [0.05, 0.1) is 19.0 Å². The Morgan fingerprint density at radius 3 is 2.53 bits per heavy atom. The van der Waals surface area contributed by atoms with Gasteiger partial charge in [0.1, 0.15) is 5.75 Å². The van der Waals surface area contributed by atoms with Gasteiger partial charge in [0.2, 0.25) is 5.91 Å². The first-order valence-electron chi connectivity index (χ1n) is 11.3. The molecule has 0 saturated heterocycles. The van der Waals surface area contributed by atoms with Crippen LogP contribution in [0.4, 0.5) is 5.69 Å². The molecule has 5 rings (SSSR count). The highest BCUT2D eigenvalue weighted by molar-refractivity contribution is 6.30. The predicted octanol–water partition coefficient (Wildman–Crippen LogP) is 5.82. The molecule has 0 saturated carbocycles. The van der Waals surface area contributed by atoms with Crippen LogP contribution in [0.3, 0.4) is 0 Å². The number of aromatic nitrogens is 1. The molecule has 1 aliphatic rings. The fraction of sp³-hybridized carbons (Fsp3) is 0.214. The Hall–Kier alpha value is -3.57. The number of fused-ring (bicyclic) bond motifs is 2. The van der Waals surface area contributed by atoms with Crippen molar-refractivity contribution in [1.82, 2.24) is 4.57 Å². The normalized spacial score (nSPS) is 14.9. The summed E-state index contributed by atoms with van der Waals surface area (Å²) in [6.07, 6.45) is 1.03. The fourth-order valence-corrected chi connectivity index (χ4v) is 5.10. The minimum absolute atomic E-state index is 0.0151. The molecular formula is C28H25ClN2O3. The number of halogens is 1. The average Bonchev–Trinajstić information content (AvgIpc) is 3.31. The fourth-order valence-electron chi connectivity index (χ4n) is 4.98. The van der Waals surface area contributed by atoms with E-state index in [-0.39, 0.29) is 24.3 Å². The molecular weight excluding hydrogens is 448 g/mol. The molecule has 0 bridgehead atoms. The Morgan fingerprint density at radius 1 is 1.06 bits per heavy atom. The smallest absolute Gasteiger partial charge is 0.262 e. The van der Waals surface area contributed by atoms with E-state index >= 15 is 0 Å². The number of amides is 1. The number of para-hydroxylation sites is 1. The maximum absolute atomic E-state index is 13.6. The number of carbonyl (C=O) groups is 2. The molecule has 0 radical (unpaired) electrons. The molecule has 34 heavy (non-hydrogen) atoms. The van der Waals surface area contributed by atoms with Gasteiger partial charge in [0, 0.05) is 33.4 Å². The molecule has 2 heterocycles. The van der Waals surface area contributed by atoms with Crippen LogP contribution >= 0.6 is 11.6 Å². The van der Waals surface area contributed by atoms with Gasteiger partial charge in [-0.05, 0) is 79.9 Å². The summed E-state index contributed by atoms with van der Waals surface area (Å²) in [6.45, 7) is 3.96. The van der Waals surface area contributed by atoms with Crippen LogP contribution in [0.15, 0.2) is 66.7 Å². The lowest BCUT2D eigenvalue weighted by atomic mass is 10.1. The summed E-state index contributed by atoms with van der Waals surface area (Å²) >= 11 is 6.02. The van der Waals surface area contributed by atoms with Crippen LogP contribution in [0.25, 0.3) is 10.9 Å². The first-order chi connectivity index (χ1) is 16.4. The largest absolute Gasteiger partial charge is 0.497 e. The number of anilines is 1. The zero-order valence-corrected chi connectivity index (χ0v) is 20.1. The van der Waals surface area contributed by atoms with Crippen LogP contribution in [0, 0.1) is 6.92 Å². The third-order valence-electron chi connectivity index (χ3n) is 6.64. The third kappa shape index (κ3) is 3.66. The van der Waals surface area contributed by atoms with E-state index < -0.39 is 0 Å². The number of rotatable bonds is 4. The number of methoxy groups -OCH3 is 1. The molecule has 1 aromatic heterocycles. The van der Waals surface area contributed by atoms with E-state index in [0.717, 1.165) is 34.3 Å². The van der Waals surface area contributed by atoms with Crippen LogP contribution in [-0.2, 0) is 17.6 Å². The Kier molecular flexibility index (Phi) is 5.66. The standard InChI is InChI=1S/C28H25ClN2O3/c1-17-14-20-6-4-5-7-25(20)30(17)27(32)16-23-18(2)31(26-13-12-22(34-3)15-24(23)26)28(33)19-8-10-21(29)11-9-19/h4-13,15,17H,14,16H2,1-3H3/t17-/m0/s1. The molecule has 4 aromatic rings. The van der Waals surface area contributed by atoms with Gasteiger partial charge in [-0.2, -0.15) is 0 Å². The highest BCUT2D eigenvalue weighted by atomic mass is 35.5. The van der Waals surface area contributed by atoms with Crippen molar-refractivity contribution in [2.75, 3.05) is 12.0 Å². The molecule has 0 aliphatic carbocycles. The molecule has 172 valence electrons. The van der Waals surface area contributed by atoms with Crippen molar-refractivity contribution in [2.24, 2.45) is 0 Å². The molecule has 1 atom stereocenters. The number of hydrogen-bond acceptors (Lipinski definition) is 3. The second-order valence-corrected chi connectivity index (χ2v) is 9.15. The van der Waals surface area contributed by atoms with Crippen LogP contribution in [0.1, 0.15) is 34.1 Å². The van der Waals surface area contributed by atoms with E-state index in [2.05, 4.69) is 13.0 Å². The maximum atomic E-state index is 13.6. The molecule has 1 aliphatic heterocycles. The minimum atomic E-state index is -0.164. The Balaban J connectivity index is 1.60. The molecule has 5 nitrogen and oxygen atoms in total. The van der Waals surface area contributed by atoms with Gasteiger partial charge in [0.15, 0.2) is 0 Å². The summed E-state index contributed by atoms with van der Waals surface area (Å²) in [7, 11) is 1.61. The summed E-state index contributed by atoms with van der Waals surface area (Å²) in [5, 5.41) is 1.41. The van der Waals surface area contributed by atoms with Crippen LogP contribution in [-0.4, -0.2) is 29.5 Å². The van der Waals surface area contributed by atoms with Gasteiger partial charge in [-0.3, -0.25) is 14.2 Å². The zero-order valence-electron chi connectivity index (χ0n) is 19.3. The number of nitrogens with zero attached hydrogens (tertiary/aromatic N) is 2. The lowest BCUT2D eigenvalue weighted by molar-refractivity contribution is -0.118. The molecule has 3 aromatic carbocycles. The van der Waals surface area contributed by atoms with E-state index in [9.17, 15) is 9.59 Å². The molecule has 0 N–H and O–H groups in total. The second-order valence-electron chi connectivity index (χ2n) is 8.72. The van der Waals surface area contributed by atoms with Gasteiger partial charge in [-0.15, -0.1) is 0 Å². The van der Waals surface area contributed by atoms with Crippen molar-refractivity contribution in [1.29, 1.82) is 0 Å². The highest BCUT2D eigenvalue weighted by Gasteiger charge is 2.32. The van der Waals surface area contributed by atoms with E-state index in [0.29, 0.717) is 16.3 Å². The Labute approximate surface area is 203 Å². The van der Waals surface area contributed by atoms with Gasteiger partial charge in [0.25, 0.3) is 5.91 Å². The Bertz CT molecular complexity index is 1420. The molecule has 6 heteroatoms. The van der Waals surface area contributed by atoms with Crippen molar-refractivity contribution < 1.29 is 14.3 Å². The third-order valence-corrected chi connectivity index (χ3v) is 6.89. The number of ether oxygens (including phenoxy) is 1. The summed E-state index contributed by atoms with van der Waals surface area (Å²) in [4.78, 5) is 29.0. The molecule has 0 unspecified atom stereocenters. The van der Waals surface area contributed by atoms with E-state index in [1.54, 1.807) is 35.9 Å². The van der Waals surface area contributed by atoms with Crippen molar-refractivity contribution in [3.8, 4) is 5.75 Å². The number of hydrogen-bond donors (Lipinski definition) is 0. The molecule has 0 spiro atoms. The zero-order chi connectivity index (χ0) is 24.0. The number of carbonyl (C=O) groups excluding carboxylic acids is 2. The quantitative estimate of drug-likeness (QED) is 0.376. The van der Waals surface area contributed by atoms with Gasteiger partial charge >= 0.3 is 0 Å². The second kappa shape index (κ2) is 8.65. The van der Waals surface area contributed by atoms with Crippen LogP contribution < -0.4 is 9.64 Å². The summed E-state index contributed by atoms with van der Waals surface area (Å²) in [6, 6.07) is 20.6. The van der Waals surface area contributed by atoms with Gasteiger partial charge in [-0.25, -0.2) is 0 Å². The summed E-state index contributed by atoms with van der Waals surface area (Å²) in [5.41, 5.74) is 5.00. The lowest BCUT2D eigenvalue weighted by Crippen LogP contribution is -2.36. The van der Waals surface area contributed by atoms with Crippen molar-refractivity contribution in [3.63, 3.8) is 0 Å². The number of benzene rings is 3. The topological polar surface area (TPSA) is 51.5 Å². The van der Waals surface area contributed by atoms with Gasteiger partial charge < -0.3 is 9.64 Å². The van der Waals surface area contributed by atoms with E-state index in [1.165, 1.54) is 5.56 Å². The summed E-state index contributed by atoms with van der Waals surface area (Å²) in [5.74, 6) is 0.529.